The van der Waals surface area contributed by atoms with E-state index in [2.05, 4.69) is 19.7 Å². The first-order chi connectivity index (χ1) is 14.1. The van der Waals surface area contributed by atoms with Crippen molar-refractivity contribution >= 4 is 5.97 Å². The smallest absolute Gasteiger partial charge is 0.334 e. The molecule has 0 amide bonds. The molecule has 4 aliphatic rings. The van der Waals surface area contributed by atoms with E-state index in [4.69, 9.17) is 14.2 Å². The van der Waals surface area contributed by atoms with E-state index in [1.165, 1.54) is 0 Å². The maximum atomic E-state index is 12.1. The van der Waals surface area contributed by atoms with Gasteiger partial charge < -0.3 is 39.7 Å². The maximum Gasteiger partial charge on any atom is 0.334 e. The van der Waals surface area contributed by atoms with E-state index in [1.807, 2.05) is 0 Å². The van der Waals surface area contributed by atoms with E-state index < -0.39 is 61.6 Å². The van der Waals surface area contributed by atoms with Crippen LogP contribution in [0.3, 0.4) is 0 Å². The Morgan fingerprint density at radius 1 is 0.967 bits per heavy atom. The molecule has 4 rings (SSSR count). The second kappa shape index (κ2) is 7.83. The van der Waals surface area contributed by atoms with Crippen LogP contribution in [0.25, 0.3) is 0 Å². The van der Waals surface area contributed by atoms with Gasteiger partial charge in [0, 0.05) is 17.4 Å². The predicted octanol–water partition coefficient (Wildman–Crippen LogP) is -1.22. The van der Waals surface area contributed by atoms with Crippen LogP contribution in [-0.4, -0.2) is 87.1 Å². The van der Waals surface area contributed by atoms with Crippen LogP contribution in [0, 0.1) is 17.8 Å². The van der Waals surface area contributed by atoms with E-state index in [-0.39, 0.29) is 17.8 Å². The van der Waals surface area contributed by atoms with Gasteiger partial charge in [-0.05, 0) is 29.9 Å². The average molecular weight is 424 g/mol. The molecule has 2 heterocycles. The minimum absolute atomic E-state index is 0.268. The van der Waals surface area contributed by atoms with Crippen molar-refractivity contribution < 1.29 is 44.5 Å². The van der Waals surface area contributed by atoms with Gasteiger partial charge in [-0.2, -0.15) is 0 Å². The Morgan fingerprint density at radius 3 is 2.33 bits per heavy atom. The monoisotopic (exact) mass is 424 g/mol. The van der Waals surface area contributed by atoms with E-state index in [9.17, 15) is 30.3 Å². The van der Waals surface area contributed by atoms with Crippen molar-refractivity contribution in [3.63, 3.8) is 0 Å². The van der Waals surface area contributed by atoms with Crippen LogP contribution in [0.1, 0.15) is 12.8 Å². The van der Waals surface area contributed by atoms with E-state index >= 15 is 0 Å². The Labute approximate surface area is 173 Å². The highest BCUT2D eigenvalue weighted by Crippen LogP contribution is 2.53. The van der Waals surface area contributed by atoms with Crippen LogP contribution in [0.2, 0.25) is 0 Å². The Kier molecular flexibility index (Phi) is 5.65. The first kappa shape index (κ1) is 21.6. The predicted molar refractivity (Wildman–Crippen MR) is 102 cm³/mol. The topological polar surface area (TPSA) is 146 Å². The van der Waals surface area contributed by atoms with Crippen LogP contribution in [0.15, 0.2) is 36.5 Å². The first-order valence-electron chi connectivity index (χ1n) is 10.1. The molecule has 11 atom stereocenters. The Hall–Kier alpha value is -1.59. The normalized spacial score (nSPS) is 48.9. The van der Waals surface area contributed by atoms with Crippen molar-refractivity contribution in [3.05, 3.63) is 36.5 Å². The molecule has 4 fully saturated rings. The largest absolute Gasteiger partial charge is 0.458 e. The van der Waals surface area contributed by atoms with Gasteiger partial charge in [-0.25, -0.2) is 4.79 Å². The number of carbonyl (C=O) groups excluding carboxylic acids is 1. The summed E-state index contributed by atoms with van der Waals surface area (Å²) >= 11 is 0. The summed E-state index contributed by atoms with van der Waals surface area (Å²) in [4.78, 5) is 12.1. The van der Waals surface area contributed by atoms with Gasteiger partial charge in [-0.15, -0.1) is 0 Å². The third-order valence-corrected chi connectivity index (χ3v) is 6.97. The molecule has 2 aliphatic carbocycles. The molecule has 0 aromatic rings. The van der Waals surface area contributed by atoms with Gasteiger partial charge >= 0.3 is 5.97 Å². The zero-order valence-corrected chi connectivity index (χ0v) is 16.5. The van der Waals surface area contributed by atoms with Gasteiger partial charge in [-0.1, -0.05) is 19.7 Å². The Morgan fingerprint density at radius 2 is 1.67 bits per heavy atom. The molecule has 9 heteroatoms. The SMILES string of the molecule is C=C1[C@@H]2[C@H]3OC(=O)C(=C)[C@@H]3C[C@@H](O)C(=C)[C@@H]2C[C@@H]1O[C@@H]1O[C@H](CO)[C@@H](O)[C@H](O)[C@H]1O. The first-order valence-corrected chi connectivity index (χ1v) is 10.1. The molecule has 0 aromatic heterocycles. The Balaban J connectivity index is 1.57. The molecule has 30 heavy (non-hydrogen) atoms. The van der Waals surface area contributed by atoms with E-state index in [1.54, 1.807) is 0 Å². The molecule has 5 N–H and O–H groups in total. The van der Waals surface area contributed by atoms with Crippen molar-refractivity contribution in [1.29, 1.82) is 0 Å². The number of fused-ring (bicyclic) bond motifs is 3. The number of hydrogen-bond acceptors (Lipinski definition) is 9. The molecule has 2 saturated carbocycles. The van der Waals surface area contributed by atoms with E-state index in [0.717, 1.165) is 0 Å². The summed E-state index contributed by atoms with van der Waals surface area (Å²) in [5.74, 6) is -1.47. The molecule has 0 unspecified atom stereocenters. The van der Waals surface area contributed by atoms with E-state index in [0.29, 0.717) is 29.6 Å². The van der Waals surface area contributed by atoms with Crippen LogP contribution in [-0.2, 0) is 19.0 Å². The highest BCUT2D eigenvalue weighted by molar-refractivity contribution is 5.91. The number of rotatable bonds is 3. The van der Waals surface area contributed by atoms with Crippen molar-refractivity contribution in [2.24, 2.45) is 17.8 Å². The van der Waals surface area contributed by atoms with Crippen LogP contribution in [0.4, 0.5) is 0 Å². The second-order valence-corrected chi connectivity index (χ2v) is 8.59. The minimum Gasteiger partial charge on any atom is -0.458 e. The summed E-state index contributed by atoms with van der Waals surface area (Å²) in [7, 11) is 0. The fourth-order valence-electron chi connectivity index (χ4n) is 5.18. The third kappa shape index (κ3) is 3.25. The van der Waals surface area contributed by atoms with Gasteiger partial charge in [0.15, 0.2) is 6.29 Å². The number of hydrogen-bond donors (Lipinski definition) is 5. The van der Waals surface area contributed by atoms with Gasteiger partial charge in [-0.3, -0.25) is 0 Å². The number of aliphatic hydroxyl groups excluding tert-OH is 5. The number of ether oxygens (including phenoxy) is 3. The summed E-state index contributed by atoms with van der Waals surface area (Å²) in [6.07, 6.45) is -8.33. The lowest BCUT2D eigenvalue weighted by Crippen LogP contribution is -2.59. The number of aliphatic hydroxyl groups is 5. The molecule has 0 bridgehead atoms. The molecule has 166 valence electrons. The third-order valence-electron chi connectivity index (χ3n) is 6.97. The molecule has 9 nitrogen and oxygen atoms in total. The van der Waals surface area contributed by atoms with Crippen molar-refractivity contribution in [3.8, 4) is 0 Å². The summed E-state index contributed by atoms with van der Waals surface area (Å²) < 4.78 is 16.9. The lowest BCUT2D eigenvalue weighted by molar-refractivity contribution is -0.308. The molecule has 0 spiro atoms. The summed E-state index contributed by atoms with van der Waals surface area (Å²) in [6.45, 7) is 11.4. The van der Waals surface area contributed by atoms with Gasteiger partial charge in [0.1, 0.15) is 30.5 Å². The van der Waals surface area contributed by atoms with Crippen LogP contribution < -0.4 is 0 Å². The fourth-order valence-corrected chi connectivity index (χ4v) is 5.18. The van der Waals surface area contributed by atoms with Gasteiger partial charge in [0.05, 0.1) is 18.8 Å². The lowest BCUT2D eigenvalue weighted by Gasteiger charge is -2.40. The van der Waals surface area contributed by atoms with Crippen LogP contribution >= 0.6 is 0 Å². The van der Waals surface area contributed by atoms with Crippen LogP contribution in [0.5, 0.6) is 0 Å². The standard InChI is InChI=1S/C21H28O9/c1-7-10-5-13(28-21-18(26)17(25)16(24)14(6-22)29-21)9(3)15(10)19-11(4-12(7)23)8(2)20(27)30-19/h10-19,21-26H,1-6H2/t10-,11-,12+,13-,14+,15-,16+,17-,18+,19-,21+/m0/s1. The quantitative estimate of drug-likeness (QED) is 0.214. The summed E-state index contributed by atoms with van der Waals surface area (Å²) in [5, 5.41) is 50.2. The Bertz CT molecular complexity index is 762. The molecular weight excluding hydrogens is 396 g/mol. The van der Waals surface area contributed by atoms with Gasteiger partial charge in [0.2, 0.25) is 0 Å². The van der Waals surface area contributed by atoms with Crippen molar-refractivity contribution in [2.75, 3.05) is 6.61 Å². The number of carbonyl (C=O) groups is 1. The van der Waals surface area contributed by atoms with Crippen molar-refractivity contribution in [1.82, 2.24) is 0 Å². The molecule has 2 aliphatic heterocycles. The summed E-state index contributed by atoms with van der Waals surface area (Å²) in [5.41, 5.74) is 1.52. The van der Waals surface area contributed by atoms with Crippen molar-refractivity contribution in [2.45, 2.75) is 61.9 Å². The summed E-state index contributed by atoms with van der Waals surface area (Å²) in [6, 6.07) is 0. The zero-order valence-electron chi connectivity index (χ0n) is 16.5. The molecule has 0 radical (unpaired) electrons. The minimum atomic E-state index is -1.55. The average Bonchev–Trinajstić information content (AvgIpc) is 3.15. The zero-order chi connectivity index (χ0) is 21.9. The molecule has 2 saturated heterocycles. The fraction of sp³-hybridized carbons (Fsp3) is 0.667. The number of esters is 1. The lowest BCUT2D eigenvalue weighted by atomic mass is 9.82. The molecule has 0 aromatic carbocycles. The maximum absolute atomic E-state index is 12.1. The molecular formula is C21H28O9. The second-order valence-electron chi connectivity index (χ2n) is 8.59. The highest BCUT2D eigenvalue weighted by Gasteiger charge is 2.56. The van der Waals surface area contributed by atoms with Gasteiger partial charge in [0.25, 0.3) is 0 Å². The highest BCUT2D eigenvalue weighted by atomic mass is 16.7.